The lowest BCUT2D eigenvalue weighted by molar-refractivity contribution is 0.0421. The van der Waals surface area contributed by atoms with E-state index in [0.717, 1.165) is 0 Å². The second-order valence-corrected chi connectivity index (χ2v) is 7.39. The molecule has 3 aromatic heterocycles. The van der Waals surface area contributed by atoms with Gasteiger partial charge in [-0.15, -0.1) is 0 Å². The fraction of sp³-hybridized carbons (Fsp3) is 0.176. The van der Waals surface area contributed by atoms with E-state index in [1.165, 1.54) is 0 Å². The third-order valence-electron chi connectivity index (χ3n) is 3.24. The molecule has 0 N–H and O–H groups in total. The van der Waals surface area contributed by atoms with Crippen LogP contribution < -0.4 is 0 Å². The molecule has 0 aliphatic rings. The van der Waals surface area contributed by atoms with E-state index in [1.807, 2.05) is 18.2 Å². The van der Waals surface area contributed by atoms with Crippen molar-refractivity contribution in [3.63, 3.8) is 0 Å². The first-order valence-corrected chi connectivity index (χ1v) is 9.22. The van der Waals surface area contributed by atoms with Gasteiger partial charge in [-0.3, -0.25) is 0 Å². The Kier molecular flexibility index (Phi) is 5.50. The van der Waals surface area contributed by atoms with Crippen molar-refractivity contribution in [2.24, 2.45) is 0 Å². The van der Waals surface area contributed by atoms with E-state index in [1.54, 1.807) is 42.7 Å². The van der Waals surface area contributed by atoms with Crippen LogP contribution in [0.1, 0.15) is 17.3 Å². The van der Waals surface area contributed by atoms with Crippen molar-refractivity contribution in [1.82, 2.24) is 0 Å². The molecular formula is C17H18O6Si. The van der Waals surface area contributed by atoms with Gasteiger partial charge >= 0.3 is 8.80 Å². The lowest BCUT2D eigenvalue weighted by Gasteiger charge is -2.25. The first kappa shape index (κ1) is 16.5. The quantitative estimate of drug-likeness (QED) is 0.515. The van der Waals surface area contributed by atoms with Crippen LogP contribution in [-0.4, -0.2) is 8.80 Å². The van der Waals surface area contributed by atoms with Gasteiger partial charge in [0.15, 0.2) is 0 Å². The zero-order chi connectivity index (χ0) is 16.7. The van der Waals surface area contributed by atoms with Gasteiger partial charge in [0.25, 0.3) is 0 Å². The Morgan fingerprint density at radius 2 is 1.12 bits per heavy atom. The Hall–Kier alpha value is -2.32. The van der Waals surface area contributed by atoms with Gasteiger partial charge in [-0.05, 0) is 42.1 Å². The third-order valence-corrected chi connectivity index (χ3v) is 5.38. The molecule has 0 bridgehead atoms. The highest BCUT2D eigenvalue weighted by atomic mass is 28.4. The highest BCUT2D eigenvalue weighted by Crippen LogP contribution is 2.19. The maximum atomic E-state index is 5.92. The Morgan fingerprint density at radius 3 is 1.38 bits per heavy atom. The smallest absolute Gasteiger partial charge is 0.467 e. The number of furan rings is 3. The van der Waals surface area contributed by atoms with Gasteiger partial charge < -0.3 is 26.5 Å². The molecule has 3 heterocycles. The van der Waals surface area contributed by atoms with Gasteiger partial charge in [0, 0.05) is 0 Å². The van der Waals surface area contributed by atoms with E-state index in [2.05, 4.69) is 6.58 Å². The maximum Gasteiger partial charge on any atom is 0.530 e. The molecule has 0 aromatic carbocycles. The summed E-state index contributed by atoms with van der Waals surface area (Å²) in [4.78, 5) is 0. The molecule has 126 valence electrons. The highest BCUT2D eigenvalue weighted by Gasteiger charge is 2.39. The van der Waals surface area contributed by atoms with Crippen molar-refractivity contribution in [3.05, 3.63) is 84.7 Å². The highest BCUT2D eigenvalue weighted by molar-refractivity contribution is 6.66. The van der Waals surface area contributed by atoms with Crippen LogP contribution in [0.5, 0.6) is 0 Å². The van der Waals surface area contributed by atoms with Crippen molar-refractivity contribution in [3.8, 4) is 0 Å². The van der Waals surface area contributed by atoms with Crippen molar-refractivity contribution in [1.29, 1.82) is 0 Å². The Balaban J connectivity index is 1.67. The average molecular weight is 346 g/mol. The molecule has 0 radical (unpaired) electrons. The van der Waals surface area contributed by atoms with E-state index in [-0.39, 0.29) is 19.8 Å². The zero-order valence-electron chi connectivity index (χ0n) is 13.1. The van der Waals surface area contributed by atoms with Gasteiger partial charge in [0.05, 0.1) is 38.6 Å². The summed E-state index contributed by atoms with van der Waals surface area (Å²) in [7, 11) is -3.15. The Morgan fingerprint density at radius 1 is 0.750 bits per heavy atom. The van der Waals surface area contributed by atoms with Gasteiger partial charge in [-0.2, -0.15) is 0 Å². The van der Waals surface area contributed by atoms with Crippen molar-refractivity contribution < 1.29 is 26.5 Å². The zero-order valence-corrected chi connectivity index (χ0v) is 14.1. The summed E-state index contributed by atoms with van der Waals surface area (Å²) in [5, 5.41) is 0. The molecule has 6 nitrogen and oxygen atoms in total. The molecular weight excluding hydrogens is 328 g/mol. The van der Waals surface area contributed by atoms with Crippen LogP contribution in [0.3, 0.4) is 0 Å². The molecule has 0 unspecified atom stereocenters. The van der Waals surface area contributed by atoms with Gasteiger partial charge in [-0.25, -0.2) is 0 Å². The summed E-state index contributed by atoms with van der Waals surface area (Å²) in [6, 6.07) is 10.8. The first-order chi connectivity index (χ1) is 11.8. The SMILES string of the molecule is C=C[Si](OCc1ccco1)(OCc1ccco1)OCc1ccco1. The standard InChI is InChI=1S/C17H18O6Si/c1-2-24(21-12-15-6-3-9-18-15,22-13-16-7-4-10-19-16)23-14-17-8-5-11-20-17/h2-11H,1,12-14H2. The molecule has 0 aliphatic heterocycles. The molecule has 3 aromatic rings. The third kappa shape index (κ3) is 4.36. The van der Waals surface area contributed by atoms with E-state index < -0.39 is 8.80 Å². The molecule has 0 saturated carbocycles. The molecule has 7 heteroatoms. The van der Waals surface area contributed by atoms with Crippen molar-refractivity contribution in [2.45, 2.75) is 19.8 Å². The molecule has 0 saturated heterocycles. The fourth-order valence-electron chi connectivity index (χ4n) is 2.00. The van der Waals surface area contributed by atoms with Crippen molar-refractivity contribution >= 4 is 8.80 Å². The maximum absolute atomic E-state index is 5.92. The normalized spacial score (nSPS) is 11.7. The minimum Gasteiger partial charge on any atom is -0.467 e. The second kappa shape index (κ2) is 7.98. The van der Waals surface area contributed by atoms with Crippen LogP contribution in [0.2, 0.25) is 0 Å². The summed E-state index contributed by atoms with van der Waals surface area (Å²) < 4.78 is 33.6. The van der Waals surface area contributed by atoms with Crippen LogP contribution in [0.25, 0.3) is 0 Å². The predicted octanol–water partition coefficient (Wildman–Crippen LogP) is 4.08. The summed E-state index contributed by atoms with van der Waals surface area (Å²) >= 11 is 0. The fourth-order valence-corrected chi connectivity index (χ4v) is 3.63. The van der Waals surface area contributed by atoms with Crippen LogP contribution >= 0.6 is 0 Å². The monoisotopic (exact) mass is 346 g/mol. The van der Waals surface area contributed by atoms with Crippen LogP contribution in [0.15, 0.2) is 80.7 Å². The minimum absolute atomic E-state index is 0.224. The van der Waals surface area contributed by atoms with E-state index >= 15 is 0 Å². The molecule has 0 aliphatic carbocycles. The van der Waals surface area contributed by atoms with Gasteiger partial charge in [-0.1, -0.05) is 6.58 Å². The summed E-state index contributed by atoms with van der Waals surface area (Å²) in [6.07, 6.45) is 4.76. The summed E-state index contributed by atoms with van der Waals surface area (Å²) in [6.45, 7) is 4.50. The number of hydrogen-bond acceptors (Lipinski definition) is 6. The van der Waals surface area contributed by atoms with Gasteiger partial charge in [0.2, 0.25) is 0 Å². The number of rotatable bonds is 10. The van der Waals surface area contributed by atoms with E-state index in [9.17, 15) is 0 Å². The van der Waals surface area contributed by atoms with Gasteiger partial charge in [0.1, 0.15) is 17.3 Å². The largest absolute Gasteiger partial charge is 0.530 e. The van der Waals surface area contributed by atoms with Crippen LogP contribution in [0, 0.1) is 0 Å². The van der Waals surface area contributed by atoms with Crippen LogP contribution in [0.4, 0.5) is 0 Å². The summed E-state index contributed by atoms with van der Waals surface area (Å²) in [5.41, 5.74) is 1.59. The molecule has 3 rings (SSSR count). The molecule has 0 atom stereocenters. The lowest BCUT2D eigenvalue weighted by Crippen LogP contribution is -2.43. The Labute approximate surface area is 140 Å². The Bertz CT molecular complexity index is 609. The predicted molar refractivity (Wildman–Crippen MR) is 86.4 cm³/mol. The van der Waals surface area contributed by atoms with Crippen LogP contribution in [-0.2, 0) is 33.1 Å². The number of hydrogen-bond donors (Lipinski definition) is 0. The lowest BCUT2D eigenvalue weighted by atomic mass is 10.5. The topological polar surface area (TPSA) is 67.1 Å². The molecule has 0 amide bonds. The molecule has 0 spiro atoms. The average Bonchev–Trinajstić information content (AvgIpc) is 3.37. The van der Waals surface area contributed by atoms with Crippen molar-refractivity contribution in [2.75, 3.05) is 0 Å². The van der Waals surface area contributed by atoms with E-state index in [4.69, 9.17) is 26.5 Å². The second-order valence-electron chi connectivity index (χ2n) is 4.91. The molecule has 0 fully saturated rings. The minimum atomic E-state index is -3.15. The first-order valence-electron chi connectivity index (χ1n) is 7.42. The molecule has 24 heavy (non-hydrogen) atoms. The van der Waals surface area contributed by atoms with E-state index in [0.29, 0.717) is 17.3 Å². The summed E-state index contributed by atoms with van der Waals surface area (Å²) in [5.74, 6) is 2.03.